The fourth-order valence-electron chi connectivity index (χ4n) is 2.36. The molecule has 1 aromatic rings. The molecule has 6 heteroatoms. The Kier molecular flexibility index (Phi) is 2.19. The fourth-order valence-corrected chi connectivity index (χ4v) is 2.51. The van der Waals surface area contributed by atoms with Crippen molar-refractivity contribution in [3.8, 4) is 5.75 Å². The quantitative estimate of drug-likeness (QED) is 0.847. The molecule has 1 aliphatic heterocycles. The molecule has 2 heterocycles. The molecule has 1 fully saturated rings. The summed E-state index contributed by atoms with van der Waals surface area (Å²) in [6.45, 7) is 0.330. The molecule has 0 aromatic carbocycles. The molecule has 90 valence electrons. The first-order valence-electron chi connectivity index (χ1n) is 5.42. The number of carbonyl (C=O) groups is 1. The maximum atomic E-state index is 10.6. The maximum absolute atomic E-state index is 10.6. The first-order valence-corrected chi connectivity index (χ1v) is 5.80. The molecule has 1 atom stereocenters. The van der Waals surface area contributed by atoms with Gasteiger partial charge < -0.3 is 15.2 Å². The molecule has 2 aliphatic rings. The van der Waals surface area contributed by atoms with Gasteiger partial charge in [0.05, 0.1) is 16.6 Å². The molecule has 1 aromatic heterocycles. The lowest BCUT2D eigenvalue weighted by molar-refractivity contribution is 0.171. The minimum atomic E-state index is -1.02. The Labute approximate surface area is 103 Å². The van der Waals surface area contributed by atoms with E-state index < -0.39 is 6.09 Å². The lowest BCUT2D eigenvalue weighted by Crippen LogP contribution is -2.33. The van der Waals surface area contributed by atoms with Gasteiger partial charge in [0.2, 0.25) is 0 Å². The lowest BCUT2D eigenvalue weighted by atomic mass is 9.98. The number of amides is 1. The van der Waals surface area contributed by atoms with Gasteiger partial charge in [-0.3, -0.25) is 4.98 Å². The van der Waals surface area contributed by atoms with Crippen molar-refractivity contribution in [1.29, 1.82) is 0 Å². The van der Waals surface area contributed by atoms with Gasteiger partial charge in [-0.25, -0.2) is 4.79 Å². The minimum absolute atomic E-state index is 0.00846. The van der Waals surface area contributed by atoms with Crippen molar-refractivity contribution in [2.24, 2.45) is 0 Å². The first-order chi connectivity index (χ1) is 8.11. The highest BCUT2D eigenvalue weighted by Crippen LogP contribution is 2.57. The van der Waals surface area contributed by atoms with Crippen molar-refractivity contribution in [3.05, 3.63) is 23.0 Å². The fraction of sp³-hybridized carbons (Fsp3) is 0.455. The van der Waals surface area contributed by atoms with Crippen LogP contribution in [-0.2, 0) is 0 Å². The molecule has 0 radical (unpaired) electrons. The number of nitrogens with one attached hydrogen (secondary N) is 1. The van der Waals surface area contributed by atoms with E-state index in [1.807, 2.05) is 0 Å². The summed E-state index contributed by atoms with van der Waals surface area (Å²) in [6, 6.07) is 1.74. The van der Waals surface area contributed by atoms with E-state index >= 15 is 0 Å². The second kappa shape index (κ2) is 3.50. The van der Waals surface area contributed by atoms with Crippen LogP contribution in [0.15, 0.2) is 12.3 Å². The normalized spacial score (nSPS) is 23.0. The number of hydrogen-bond donors (Lipinski definition) is 2. The van der Waals surface area contributed by atoms with E-state index in [0.29, 0.717) is 17.3 Å². The molecule has 1 aliphatic carbocycles. The van der Waals surface area contributed by atoms with E-state index in [0.717, 1.165) is 18.5 Å². The number of nitrogens with zero attached hydrogens (tertiary/aromatic N) is 1. The highest BCUT2D eigenvalue weighted by atomic mass is 35.5. The summed E-state index contributed by atoms with van der Waals surface area (Å²) < 4.78 is 5.85. The molecule has 0 bridgehead atoms. The van der Waals surface area contributed by atoms with E-state index in [4.69, 9.17) is 21.4 Å². The van der Waals surface area contributed by atoms with E-state index in [2.05, 4.69) is 10.3 Å². The van der Waals surface area contributed by atoms with Crippen LogP contribution in [-0.4, -0.2) is 28.3 Å². The summed E-state index contributed by atoms with van der Waals surface area (Å²) in [4.78, 5) is 14.8. The zero-order valence-electron chi connectivity index (χ0n) is 8.94. The summed E-state index contributed by atoms with van der Waals surface area (Å²) in [5.74, 6) is 0.679. The molecule has 5 nitrogen and oxygen atoms in total. The van der Waals surface area contributed by atoms with Crippen molar-refractivity contribution in [2.45, 2.75) is 24.4 Å². The second-order valence-electron chi connectivity index (χ2n) is 4.44. The van der Waals surface area contributed by atoms with Crippen LogP contribution in [0.25, 0.3) is 0 Å². The van der Waals surface area contributed by atoms with Crippen molar-refractivity contribution in [2.75, 3.05) is 6.54 Å². The Morgan fingerprint density at radius 3 is 3.12 bits per heavy atom. The average molecular weight is 255 g/mol. The summed E-state index contributed by atoms with van der Waals surface area (Å²) in [5, 5.41) is 11.6. The Bertz CT molecular complexity index is 488. The Balaban J connectivity index is 1.89. The number of pyridine rings is 1. The number of fused-ring (bicyclic) bond motifs is 1. The summed E-state index contributed by atoms with van der Waals surface area (Å²) in [5.41, 5.74) is 0.559. The standard InChI is InChI=1S/C11H11ClN2O3/c12-6-3-8-9(13-4-6)7(5-14-10(15)16)11(17-8)1-2-11/h3-4,7,14H,1-2,5H2,(H,15,16). The first kappa shape index (κ1) is 10.7. The van der Waals surface area contributed by atoms with Crippen LogP contribution in [0, 0.1) is 0 Å². The molecular weight excluding hydrogens is 244 g/mol. The predicted molar refractivity (Wildman–Crippen MR) is 60.6 cm³/mol. The van der Waals surface area contributed by atoms with E-state index in [-0.39, 0.29) is 11.5 Å². The van der Waals surface area contributed by atoms with Crippen LogP contribution < -0.4 is 10.1 Å². The molecule has 0 saturated heterocycles. The molecular formula is C11H11ClN2O3. The molecule has 1 unspecified atom stereocenters. The number of carboxylic acid groups (broad SMARTS) is 1. The van der Waals surface area contributed by atoms with Crippen molar-refractivity contribution < 1.29 is 14.6 Å². The summed E-state index contributed by atoms with van der Waals surface area (Å²) in [7, 11) is 0. The highest BCUT2D eigenvalue weighted by molar-refractivity contribution is 6.30. The lowest BCUT2D eigenvalue weighted by Gasteiger charge is -2.16. The second-order valence-corrected chi connectivity index (χ2v) is 4.88. The van der Waals surface area contributed by atoms with Crippen LogP contribution in [0.3, 0.4) is 0 Å². The third kappa shape index (κ3) is 1.70. The van der Waals surface area contributed by atoms with Crippen molar-refractivity contribution in [3.63, 3.8) is 0 Å². The zero-order chi connectivity index (χ0) is 12.0. The molecule has 3 rings (SSSR count). The monoisotopic (exact) mass is 254 g/mol. The van der Waals surface area contributed by atoms with Gasteiger partial charge in [0.1, 0.15) is 11.4 Å². The van der Waals surface area contributed by atoms with Gasteiger partial charge in [0, 0.05) is 18.8 Å². The van der Waals surface area contributed by atoms with Crippen LogP contribution >= 0.6 is 11.6 Å². The average Bonchev–Trinajstić information content (AvgIpc) is 2.93. The van der Waals surface area contributed by atoms with E-state index in [9.17, 15) is 4.79 Å². The maximum Gasteiger partial charge on any atom is 0.404 e. The molecule has 17 heavy (non-hydrogen) atoms. The summed E-state index contributed by atoms with van der Waals surface area (Å²) in [6.07, 6.45) is 2.42. The SMILES string of the molecule is O=C(O)NCC1c2ncc(Cl)cc2OC12CC2. The number of ether oxygens (including phenoxy) is 1. The molecule has 2 N–H and O–H groups in total. The molecule has 1 amide bonds. The molecule has 1 spiro atoms. The topological polar surface area (TPSA) is 71.5 Å². The number of aromatic nitrogens is 1. The van der Waals surface area contributed by atoms with Gasteiger partial charge in [-0.05, 0) is 12.8 Å². The van der Waals surface area contributed by atoms with Crippen LogP contribution in [0.1, 0.15) is 24.5 Å². The third-order valence-corrected chi connectivity index (χ3v) is 3.53. The van der Waals surface area contributed by atoms with Gasteiger partial charge >= 0.3 is 6.09 Å². The largest absolute Gasteiger partial charge is 0.485 e. The summed E-state index contributed by atoms with van der Waals surface area (Å²) >= 11 is 5.86. The van der Waals surface area contributed by atoms with E-state index in [1.165, 1.54) is 0 Å². The Hall–Kier alpha value is -1.49. The van der Waals surface area contributed by atoms with Gasteiger partial charge in [-0.2, -0.15) is 0 Å². The highest BCUT2D eigenvalue weighted by Gasteiger charge is 2.58. The van der Waals surface area contributed by atoms with E-state index in [1.54, 1.807) is 12.3 Å². The van der Waals surface area contributed by atoms with Crippen LogP contribution in [0.5, 0.6) is 5.75 Å². The zero-order valence-corrected chi connectivity index (χ0v) is 9.70. The number of hydrogen-bond acceptors (Lipinski definition) is 3. The van der Waals surface area contributed by atoms with Crippen LogP contribution in [0.2, 0.25) is 5.02 Å². The van der Waals surface area contributed by atoms with Gasteiger partial charge in [-0.1, -0.05) is 11.6 Å². The number of halogens is 1. The Morgan fingerprint density at radius 1 is 1.71 bits per heavy atom. The predicted octanol–water partition coefficient (Wildman–Crippen LogP) is 2.01. The third-order valence-electron chi connectivity index (χ3n) is 3.33. The smallest absolute Gasteiger partial charge is 0.404 e. The van der Waals surface area contributed by atoms with Gasteiger partial charge in [0.15, 0.2) is 0 Å². The Morgan fingerprint density at radius 2 is 2.47 bits per heavy atom. The van der Waals surface area contributed by atoms with Gasteiger partial charge in [0.25, 0.3) is 0 Å². The van der Waals surface area contributed by atoms with Crippen molar-refractivity contribution in [1.82, 2.24) is 10.3 Å². The minimum Gasteiger partial charge on any atom is -0.485 e. The van der Waals surface area contributed by atoms with Gasteiger partial charge in [-0.15, -0.1) is 0 Å². The number of rotatable bonds is 2. The molecule has 1 saturated carbocycles. The van der Waals surface area contributed by atoms with Crippen LogP contribution in [0.4, 0.5) is 4.79 Å². The van der Waals surface area contributed by atoms with Crippen molar-refractivity contribution >= 4 is 17.7 Å².